The van der Waals surface area contributed by atoms with E-state index in [0.29, 0.717) is 12.1 Å². The van der Waals surface area contributed by atoms with Crippen LogP contribution in [0.1, 0.15) is 26.7 Å². The Morgan fingerprint density at radius 3 is 2.69 bits per heavy atom. The predicted octanol–water partition coefficient (Wildman–Crippen LogP) is 1.18. The van der Waals surface area contributed by atoms with Gasteiger partial charge in [0.1, 0.15) is 0 Å². The zero-order valence-electron chi connectivity index (χ0n) is 8.71. The molecule has 3 nitrogen and oxygen atoms in total. The number of hydrogen-bond acceptors (Lipinski definition) is 3. The van der Waals surface area contributed by atoms with Gasteiger partial charge in [-0.1, -0.05) is 0 Å². The Morgan fingerprint density at radius 2 is 2.15 bits per heavy atom. The van der Waals surface area contributed by atoms with E-state index in [1.165, 1.54) is 6.42 Å². The fraction of sp³-hybridized carbons (Fsp3) is 1.00. The molecule has 0 bridgehead atoms. The van der Waals surface area contributed by atoms with E-state index in [0.717, 1.165) is 32.8 Å². The lowest BCUT2D eigenvalue weighted by molar-refractivity contribution is -0.00532. The Morgan fingerprint density at radius 1 is 1.38 bits per heavy atom. The first kappa shape index (κ1) is 11.0. The maximum Gasteiger partial charge on any atom is 0.0643 e. The molecule has 78 valence electrons. The summed E-state index contributed by atoms with van der Waals surface area (Å²) in [6, 6.07) is 0.617. The summed E-state index contributed by atoms with van der Waals surface area (Å²) in [5, 5.41) is 3.43. The van der Waals surface area contributed by atoms with Crippen molar-refractivity contribution in [1.29, 1.82) is 0 Å². The minimum Gasteiger partial charge on any atom is -0.379 e. The summed E-state index contributed by atoms with van der Waals surface area (Å²) >= 11 is 0. The highest BCUT2D eigenvalue weighted by molar-refractivity contribution is 4.72. The number of rotatable bonds is 7. The Balaban J connectivity index is 1.73. The van der Waals surface area contributed by atoms with Gasteiger partial charge < -0.3 is 14.8 Å². The van der Waals surface area contributed by atoms with Crippen molar-refractivity contribution in [3.8, 4) is 0 Å². The van der Waals surface area contributed by atoms with Crippen LogP contribution < -0.4 is 5.32 Å². The van der Waals surface area contributed by atoms with Crippen molar-refractivity contribution in [2.45, 2.75) is 38.8 Å². The molecule has 0 saturated carbocycles. The Labute approximate surface area is 80.8 Å². The Bertz CT molecular complexity index is 124. The molecule has 1 N–H and O–H groups in total. The van der Waals surface area contributed by atoms with E-state index < -0.39 is 0 Å². The van der Waals surface area contributed by atoms with E-state index in [2.05, 4.69) is 19.2 Å². The molecule has 13 heavy (non-hydrogen) atoms. The number of unbranched alkanes of at least 4 members (excludes halogenated alkanes) is 1. The molecule has 1 saturated heterocycles. The summed E-state index contributed by atoms with van der Waals surface area (Å²) in [7, 11) is 0. The van der Waals surface area contributed by atoms with Crippen molar-refractivity contribution in [3.05, 3.63) is 0 Å². The molecule has 0 aromatic carbocycles. The molecule has 1 aliphatic rings. The first-order chi connectivity index (χ1) is 6.29. The fourth-order valence-electron chi connectivity index (χ4n) is 1.21. The quantitative estimate of drug-likeness (QED) is 0.607. The zero-order chi connectivity index (χ0) is 9.52. The highest BCUT2D eigenvalue weighted by atomic mass is 16.5. The third-order valence-electron chi connectivity index (χ3n) is 2.09. The van der Waals surface area contributed by atoms with Crippen LogP contribution in [-0.4, -0.2) is 38.5 Å². The van der Waals surface area contributed by atoms with Gasteiger partial charge in [-0.15, -0.1) is 0 Å². The summed E-state index contributed by atoms with van der Waals surface area (Å²) in [6.45, 7) is 7.91. The van der Waals surface area contributed by atoms with Crippen LogP contribution in [0.3, 0.4) is 0 Å². The van der Waals surface area contributed by atoms with Crippen LogP contribution in [0.4, 0.5) is 0 Å². The summed E-state index contributed by atoms with van der Waals surface area (Å²) in [5.41, 5.74) is 0. The first-order valence-electron chi connectivity index (χ1n) is 5.22. The van der Waals surface area contributed by atoms with Crippen molar-refractivity contribution in [2.24, 2.45) is 0 Å². The highest BCUT2D eigenvalue weighted by Crippen LogP contribution is 2.00. The Hall–Kier alpha value is -0.120. The van der Waals surface area contributed by atoms with Gasteiger partial charge in [-0.25, -0.2) is 0 Å². The second-order valence-electron chi connectivity index (χ2n) is 3.82. The van der Waals surface area contributed by atoms with Crippen LogP contribution in [-0.2, 0) is 9.47 Å². The lowest BCUT2D eigenvalue weighted by atomic mass is 10.2. The summed E-state index contributed by atoms with van der Waals surface area (Å²) in [5.74, 6) is 0. The van der Waals surface area contributed by atoms with E-state index in [4.69, 9.17) is 9.47 Å². The molecule has 1 heterocycles. The highest BCUT2D eigenvalue weighted by Gasteiger charge is 2.16. The van der Waals surface area contributed by atoms with Gasteiger partial charge in [0.15, 0.2) is 0 Å². The van der Waals surface area contributed by atoms with Gasteiger partial charge in [-0.2, -0.15) is 0 Å². The first-order valence-corrected chi connectivity index (χ1v) is 5.22. The van der Waals surface area contributed by atoms with Crippen LogP contribution in [0.15, 0.2) is 0 Å². The van der Waals surface area contributed by atoms with Gasteiger partial charge in [0.05, 0.1) is 25.4 Å². The molecule has 0 unspecified atom stereocenters. The SMILES string of the molecule is CC(C)OCCCCNC1COC1. The molecule has 1 fully saturated rings. The molecule has 0 amide bonds. The van der Waals surface area contributed by atoms with Gasteiger partial charge in [-0.3, -0.25) is 0 Å². The van der Waals surface area contributed by atoms with Crippen molar-refractivity contribution < 1.29 is 9.47 Å². The van der Waals surface area contributed by atoms with Crippen molar-refractivity contribution in [3.63, 3.8) is 0 Å². The maximum atomic E-state index is 5.44. The van der Waals surface area contributed by atoms with E-state index in [1.807, 2.05) is 0 Å². The number of nitrogens with one attached hydrogen (secondary N) is 1. The fourth-order valence-corrected chi connectivity index (χ4v) is 1.21. The minimum atomic E-state index is 0.369. The van der Waals surface area contributed by atoms with E-state index >= 15 is 0 Å². The van der Waals surface area contributed by atoms with Gasteiger partial charge in [0.25, 0.3) is 0 Å². The van der Waals surface area contributed by atoms with Crippen molar-refractivity contribution in [1.82, 2.24) is 5.32 Å². The molecule has 0 radical (unpaired) electrons. The molecule has 0 atom stereocenters. The largest absolute Gasteiger partial charge is 0.379 e. The van der Waals surface area contributed by atoms with Crippen LogP contribution in [0, 0.1) is 0 Å². The predicted molar refractivity (Wildman–Crippen MR) is 52.9 cm³/mol. The van der Waals surface area contributed by atoms with Gasteiger partial charge >= 0.3 is 0 Å². The van der Waals surface area contributed by atoms with Crippen LogP contribution >= 0.6 is 0 Å². The van der Waals surface area contributed by atoms with Crippen LogP contribution in [0.5, 0.6) is 0 Å². The summed E-state index contributed by atoms with van der Waals surface area (Å²) in [4.78, 5) is 0. The normalized spacial score (nSPS) is 17.8. The lowest BCUT2D eigenvalue weighted by Crippen LogP contribution is -2.46. The summed E-state index contributed by atoms with van der Waals surface area (Å²) < 4.78 is 10.5. The van der Waals surface area contributed by atoms with Gasteiger partial charge in [0.2, 0.25) is 0 Å². The molecule has 0 aromatic heterocycles. The summed E-state index contributed by atoms with van der Waals surface area (Å²) in [6.07, 6.45) is 2.72. The molecule has 0 aliphatic carbocycles. The lowest BCUT2D eigenvalue weighted by Gasteiger charge is -2.26. The number of ether oxygens (including phenoxy) is 2. The average Bonchev–Trinajstić information content (AvgIpc) is 1.99. The van der Waals surface area contributed by atoms with Gasteiger partial charge in [-0.05, 0) is 33.2 Å². The molecule has 3 heteroatoms. The number of hydrogen-bond donors (Lipinski definition) is 1. The topological polar surface area (TPSA) is 30.5 Å². The molecule has 1 rings (SSSR count). The van der Waals surface area contributed by atoms with Gasteiger partial charge in [0, 0.05) is 6.61 Å². The van der Waals surface area contributed by atoms with E-state index in [9.17, 15) is 0 Å². The Kier molecular flexibility index (Phi) is 5.35. The van der Waals surface area contributed by atoms with Crippen LogP contribution in [0.2, 0.25) is 0 Å². The van der Waals surface area contributed by atoms with Crippen LogP contribution in [0.25, 0.3) is 0 Å². The second-order valence-corrected chi connectivity index (χ2v) is 3.82. The molecule has 0 spiro atoms. The van der Waals surface area contributed by atoms with E-state index in [1.54, 1.807) is 0 Å². The minimum absolute atomic E-state index is 0.369. The van der Waals surface area contributed by atoms with Crippen molar-refractivity contribution in [2.75, 3.05) is 26.4 Å². The standard InChI is InChI=1S/C10H21NO2/c1-9(2)13-6-4-3-5-11-10-7-12-8-10/h9-11H,3-8H2,1-2H3. The maximum absolute atomic E-state index is 5.44. The monoisotopic (exact) mass is 187 g/mol. The second kappa shape index (κ2) is 6.35. The zero-order valence-corrected chi connectivity index (χ0v) is 8.71. The third-order valence-corrected chi connectivity index (χ3v) is 2.09. The molecule has 1 aliphatic heterocycles. The molecule has 0 aromatic rings. The molecular weight excluding hydrogens is 166 g/mol. The average molecular weight is 187 g/mol. The van der Waals surface area contributed by atoms with Crippen molar-refractivity contribution >= 4 is 0 Å². The molecular formula is C10H21NO2. The van der Waals surface area contributed by atoms with E-state index in [-0.39, 0.29) is 0 Å². The third kappa shape index (κ3) is 5.24. The smallest absolute Gasteiger partial charge is 0.0643 e.